The number of nitrogens with one attached hydrogen (secondary N) is 1. The Labute approximate surface area is 130 Å². The van der Waals surface area contributed by atoms with Crippen LogP contribution >= 0.6 is 11.6 Å². The summed E-state index contributed by atoms with van der Waals surface area (Å²) in [4.78, 5) is 4.87. The Kier molecular flexibility index (Phi) is 4.22. The van der Waals surface area contributed by atoms with Gasteiger partial charge in [-0.15, -0.1) is 11.6 Å². The third-order valence-corrected chi connectivity index (χ3v) is 6.20. The van der Waals surface area contributed by atoms with Crippen molar-refractivity contribution in [1.82, 2.24) is 4.72 Å². The SMILES string of the molecule is O=S1(=O)NC(=NCC2CCCCC2CCl)c2ccccc21. The minimum atomic E-state index is -3.43. The van der Waals surface area contributed by atoms with Crippen molar-refractivity contribution in [1.29, 1.82) is 0 Å². The van der Waals surface area contributed by atoms with Gasteiger partial charge in [0.25, 0.3) is 10.0 Å². The zero-order chi connectivity index (χ0) is 14.9. The fourth-order valence-electron chi connectivity index (χ4n) is 3.19. The molecule has 21 heavy (non-hydrogen) atoms. The van der Waals surface area contributed by atoms with Crippen LogP contribution in [0.2, 0.25) is 0 Å². The second-order valence-electron chi connectivity index (χ2n) is 5.75. The average molecular weight is 327 g/mol. The van der Waals surface area contributed by atoms with Crippen molar-refractivity contribution < 1.29 is 8.42 Å². The number of aliphatic imine (C=N–C) groups is 1. The van der Waals surface area contributed by atoms with Gasteiger partial charge in [0.15, 0.2) is 0 Å². The Bertz CT molecular complexity index is 657. The van der Waals surface area contributed by atoms with E-state index in [-0.39, 0.29) is 0 Å². The smallest absolute Gasteiger partial charge is 0.263 e. The monoisotopic (exact) mass is 326 g/mol. The van der Waals surface area contributed by atoms with E-state index in [0.717, 1.165) is 12.8 Å². The summed E-state index contributed by atoms with van der Waals surface area (Å²) in [7, 11) is -3.43. The van der Waals surface area contributed by atoms with E-state index in [9.17, 15) is 8.42 Å². The fraction of sp³-hybridized carbons (Fsp3) is 0.533. The van der Waals surface area contributed by atoms with Gasteiger partial charge in [0, 0.05) is 18.0 Å². The predicted octanol–water partition coefficient (Wildman–Crippen LogP) is 2.77. The van der Waals surface area contributed by atoms with E-state index >= 15 is 0 Å². The van der Waals surface area contributed by atoms with Crippen molar-refractivity contribution in [3.8, 4) is 0 Å². The van der Waals surface area contributed by atoms with Crippen molar-refractivity contribution in [2.45, 2.75) is 30.6 Å². The van der Waals surface area contributed by atoms with Gasteiger partial charge in [0.1, 0.15) is 5.84 Å². The van der Waals surface area contributed by atoms with Gasteiger partial charge >= 0.3 is 0 Å². The highest BCUT2D eigenvalue weighted by atomic mass is 35.5. The molecule has 0 amide bonds. The van der Waals surface area contributed by atoms with Crippen molar-refractivity contribution in [3.63, 3.8) is 0 Å². The van der Waals surface area contributed by atoms with Crippen LogP contribution in [0.5, 0.6) is 0 Å². The van der Waals surface area contributed by atoms with Crippen LogP contribution in [0.1, 0.15) is 31.2 Å². The quantitative estimate of drug-likeness (QED) is 0.868. The molecule has 2 atom stereocenters. The normalized spacial score (nSPS) is 29.1. The number of nitrogens with zero attached hydrogens (tertiary/aromatic N) is 1. The summed E-state index contributed by atoms with van der Waals surface area (Å²) in [6.45, 7) is 0.642. The molecule has 1 aromatic rings. The first-order valence-electron chi connectivity index (χ1n) is 7.34. The maximum atomic E-state index is 12.0. The molecule has 1 aliphatic carbocycles. The van der Waals surface area contributed by atoms with Gasteiger partial charge in [-0.05, 0) is 36.8 Å². The second kappa shape index (κ2) is 5.97. The Morgan fingerprint density at radius 2 is 1.90 bits per heavy atom. The fourth-order valence-corrected chi connectivity index (χ4v) is 4.85. The van der Waals surface area contributed by atoms with E-state index in [2.05, 4.69) is 9.71 Å². The molecule has 0 aromatic heterocycles. The van der Waals surface area contributed by atoms with Crippen molar-refractivity contribution in [2.75, 3.05) is 12.4 Å². The molecule has 4 nitrogen and oxygen atoms in total. The summed E-state index contributed by atoms with van der Waals surface area (Å²) in [5.74, 6) is 2.10. The molecule has 1 N–H and O–H groups in total. The van der Waals surface area contributed by atoms with Crippen molar-refractivity contribution in [2.24, 2.45) is 16.8 Å². The molecule has 0 bridgehead atoms. The van der Waals surface area contributed by atoms with Crippen LogP contribution in [0.15, 0.2) is 34.2 Å². The first-order valence-corrected chi connectivity index (χ1v) is 9.36. The van der Waals surface area contributed by atoms with Gasteiger partial charge in [-0.25, -0.2) is 8.42 Å². The van der Waals surface area contributed by atoms with Gasteiger partial charge in [-0.2, -0.15) is 0 Å². The van der Waals surface area contributed by atoms with Crippen LogP contribution in [-0.4, -0.2) is 26.7 Å². The first kappa shape index (κ1) is 14.9. The maximum absolute atomic E-state index is 12.0. The van der Waals surface area contributed by atoms with Gasteiger partial charge in [-0.1, -0.05) is 25.0 Å². The minimum Gasteiger partial charge on any atom is -0.267 e. The van der Waals surface area contributed by atoms with Gasteiger partial charge in [-0.3, -0.25) is 9.71 Å². The molecule has 3 rings (SSSR count). The Hall–Kier alpha value is -1.07. The molecule has 1 saturated carbocycles. The standard InChI is InChI=1S/C15H19ClN2O2S/c16-9-11-5-1-2-6-12(11)10-17-15-13-7-3-4-8-14(13)21(19,20)18-15/h3-4,7-8,11-12H,1-2,5-6,9-10H2,(H,17,18). The molecule has 114 valence electrons. The molecular weight excluding hydrogens is 308 g/mol. The molecular formula is C15H19ClN2O2S. The lowest BCUT2D eigenvalue weighted by Crippen LogP contribution is -2.26. The van der Waals surface area contributed by atoms with E-state index < -0.39 is 10.0 Å². The number of rotatable bonds is 3. The predicted molar refractivity (Wildman–Crippen MR) is 84.3 cm³/mol. The maximum Gasteiger partial charge on any atom is 0.263 e. The molecule has 1 aromatic carbocycles. The molecule has 1 aliphatic heterocycles. The highest BCUT2D eigenvalue weighted by molar-refractivity contribution is 7.90. The third-order valence-electron chi connectivity index (χ3n) is 4.41. The van der Waals surface area contributed by atoms with Crippen molar-refractivity contribution in [3.05, 3.63) is 29.8 Å². The van der Waals surface area contributed by atoms with E-state index in [1.165, 1.54) is 12.8 Å². The lowest BCUT2D eigenvalue weighted by Gasteiger charge is -2.28. The first-order chi connectivity index (χ1) is 10.1. The summed E-state index contributed by atoms with van der Waals surface area (Å²) in [6.07, 6.45) is 4.73. The number of halogens is 1. The summed E-state index contributed by atoms with van der Waals surface area (Å²) in [5.41, 5.74) is 0.677. The molecule has 0 spiro atoms. The van der Waals surface area contributed by atoms with E-state index in [1.54, 1.807) is 18.2 Å². The topological polar surface area (TPSA) is 58.5 Å². The van der Waals surface area contributed by atoms with Gasteiger partial charge < -0.3 is 0 Å². The highest BCUT2D eigenvalue weighted by Crippen LogP contribution is 2.31. The number of fused-ring (bicyclic) bond motifs is 1. The molecule has 0 saturated heterocycles. The number of amidine groups is 1. The van der Waals surface area contributed by atoms with E-state index in [4.69, 9.17) is 11.6 Å². The van der Waals surface area contributed by atoms with E-state index in [1.807, 2.05) is 6.07 Å². The number of hydrogen-bond acceptors (Lipinski definition) is 3. The number of benzene rings is 1. The van der Waals surface area contributed by atoms with Gasteiger partial charge in [0.05, 0.1) is 4.90 Å². The lowest BCUT2D eigenvalue weighted by atomic mass is 9.80. The molecule has 2 unspecified atom stereocenters. The minimum absolute atomic E-state index is 0.321. The summed E-state index contributed by atoms with van der Waals surface area (Å²) >= 11 is 6.04. The van der Waals surface area contributed by atoms with Crippen molar-refractivity contribution >= 4 is 27.5 Å². The molecule has 0 radical (unpaired) electrons. The molecule has 6 heteroatoms. The Balaban J connectivity index is 1.82. The number of sulfonamides is 1. The molecule has 2 aliphatic rings. The summed E-state index contributed by atoms with van der Waals surface area (Å²) in [6, 6.07) is 6.97. The third kappa shape index (κ3) is 2.94. The highest BCUT2D eigenvalue weighted by Gasteiger charge is 2.31. The number of hydrogen-bond donors (Lipinski definition) is 1. The lowest BCUT2D eigenvalue weighted by molar-refractivity contribution is 0.267. The zero-order valence-corrected chi connectivity index (χ0v) is 13.3. The summed E-state index contributed by atoms with van der Waals surface area (Å²) < 4.78 is 26.6. The second-order valence-corrected chi connectivity index (χ2v) is 7.71. The van der Waals surface area contributed by atoms with Crippen LogP contribution in [0.25, 0.3) is 0 Å². The van der Waals surface area contributed by atoms with Crippen LogP contribution in [0, 0.1) is 11.8 Å². The summed E-state index contributed by atoms with van der Waals surface area (Å²) in [5, 5.41) is 0. The zero-order valence-electron chi connectivity index (χ0n) is 11.8. The molecule has 1 heterocycles. The largest absolute Gasteiger partial charge is 0.267 e. The average Bonchev–Trinajstić information content (AvgIpc) is 2.77. The van der Waals surface area contributed by atoms with Crippen LogP contribution in [0.3, 0.4) is 0 Å². The Morgan fingerprint density at radius 1 is 1.19 bits per heavy atom. The van der Waals surface area contributed by atoms with Crippen LogP contribution < -0.4 is 4.72 Å². The molecule has 1 fully saturated rings. The Morgan fingerprint density at radius 3 is 2.67 bits per heavy atom. The van der Waals surface area contributed by atoms with Gasteiger partial charge in [0.2, 0.25) is 0 Å². The van der Waals surface area contributed by atoms with Crippen LogP contribution in [-0.2, 0) is 10.0 Å². The number of alkyl halides is 1. The van der Waals surface area contributed by atoms with E-state index in [0.29, 0.717) is 40.6 Å². The van der Waals surface area contributed by atoms with Crippen LogP contribution in [0.4, 0.5) is 0 Å².